The molecule has 1 aromatic carbocycles. The highest BCUT2D eigenvalue weighted by Crippen LogP contribution is 2.30. The lowest BCUT2D eigenvalue weighted by Gasteiger charge is -2.20. The van der Waals surface area contributed by atoms with Crippen molar-refractivity contribution in [2.45, 2.75) is 6.42 Å². The Balaban J connectivity index is 2.26. The van der Waals surface area contributed by atoms with Crippen LogP contribution in [0.4, 0.5) is 5.69 Å². The van der Waals surface area contributed by atoms with Gasteiger partial charge in [-0.25, -0.2) is 0 Å². The van der Waals surface area contributed by atoms with Gasteiger partial charge < -0.3 is 9.64 Å². The Morgan fingerprint density at radius 2 is 2.29 bits per heavy atom. The molecule has 0 atom stereocenters. The van der Waals surface area contributed by atoms with Crippen LogP contribution in [0.1, 0.15) is 6.42 Å². The standard InChI is InChI=1S/C11H12N4O2/c12-14-13-6-7-15-9-3-1-2-4-10(9)17-8-5-11(15)16/h1-4H,5-8H2. The first-order valence-corrected chi connectivity index (χ1v) is 5.36. The number of amides is 1. The van der Waals surface area contributed by atoms with Crippen molar-refractivity contribution in [2.75, 3.05) is 24.6 Å². The van der Waals surface area contributed by atoms with Crippen LogP contribution in [0.15, 0.2) is 29.4 Å². The molecule has 6 heteroatoms. The molecule has 0 N–H and O–H groups in total. The average molecular weight is 232 g/mol. The number of ether oxygens (including phenoxy) is 1. The Morgan fingerprint density at radius 3 is 3.12 bits per heavy atom. The van der Waals surface area contributed by atoms with Gasteiger partial charge in [-0.3, -0.25) is 4.79 Å². The van der Waals surface area contributed by atoms with Crippen molar-refractivity contribution in [3.8, 4) is 5.75 Å². The first-order chi connectivity index (χ1) is 8.33. The topological polar surface area (TPSA) is 78.3 Å². The van der Waals surface area contributed by atoms with Gasteiger partial charge in [-0.2, -0.15) is 0 Å². The van der Waals surface area contributed by atoms with Crippen molar-refractivity contribution < 1.29 is 9.53 Å². The van der Waals surface area contributed by atoms with Gasteiger partial charge in [0.2, 0.25) is 5.91 Å². The number of hydrogen-bond donors (Lipinski definition) is 0. The molecule has 0 aliphatic carbocycles. The van der Waals surface area contributed by atoms with E-state index >= 15 is 0 Å². The van der Waals surface area contributed by atoms with E-state index in [2.05, 4.69) is 10.0 Å². The molecular weight excluding hydrogens is 220 g/mol. The van der Waals surface area contributed by atoms with E-state index in [1.165, 1.54) is 0 Å². The van der Waals surface area contributed by atoms with E-state index in [0.717, 1.165) is 5.69 Å². The molecule has 0 unspecified atom stereocenters. The van der Waals surface area contributed by atoms with Crippen LogP contribution in [0.3, 0.4) is 0 Å². The molecule has 0 saturated heterocycles. The van der Waals surface area contributed by atoms with Crippen molar-refractivity contribution in [1.29, 1.82) is 0 Å². The summed E-state index contributed by atoms with van der Waals surface area (Å²) in [4.78, 5) is 16.2. The molecular formula is C11H12N4O2. The normalized spacial score (nSPS) is 14.4. The molecule has 1 aromatic rings. The third-order valence-corrected chi connectivity index (χ3v) is 2.52. The van der Waals surface area contributed by atoms with Gasteiger partial charge in [0.05, 0.1) is 18.7 Å². The van der Waals surface area contributed by atoms with E-state index in [1.54, 1.807) is 4.90 Å². The minimum Gasteiger partial charge on any atom is -0.491 e. The maximum Gasteiger partial charge on any atom is 0.230 e. The van der Waals surface area contributed by atoms with Gasteiger partial charge in [-0.1, -0.05) is 17.2 Å². The van der Waals surface area contributed by atoms with E-state index < -0.39 is 0 Å². The van der Waals surface area contributed by atoms with Crippen LogP contribution in [0.5, 0.6) is 5.75 Å². The SMILES string of the molecule is [N-]=[N+]=NCCN1C(=O)CCOc2ccccc21. The first-order valence-electron chi connectivity index (χ1n) is 5.36. The summed E-state index contributed by atoms with van der Waals surface area (Å²) in [7, 11) is 0. The molecule has 88 valence electrons. The van der Waals surface area contributed by atoms with Crippen LogP contribution in [0, 0.1) is 0 Å². The number of fused-ring (bicyclic) bond motifs is 1. The van der Waals surface area contributed by atoms with E-state index in [9.17, 15) is 4.79 Å². The van der Waals surface area contributed by atoms with Crippen LogP contribution in [-0.4, -0.2) is 25.6 Å². The molecule has 0 fully saturated rings. The molecule has 1 aliphatic heterocycles. The number of nitrogens with zero attached hydrogens (tertiary/aromatic N) is 4. The minimum absolute atomic E-state index is 0.0110. The number of anilines is 1. The highest BCUT2D eigenvalue weighted by molar-refractivity contribution is 5.95. The van der Waals surface area contributed by atoms with E-state index in [-0.39, 0.29) is 12.5 Å². The molecule has 1 aliphatic rings. The van der Waals surface area contributed by atoms with Crippen LogP contribution in [0.2, 0.25) is 0 Å². The van der Waals surface area contributed by atoms with Crippen LogP contribution < -0.4 is 9.64 Å². The third-order valence-electron chi connectivity index (χ3n) is 2.52. The largest absolute Gasteiger partial charge is 0.491 e. The molecule has 0 aromatic heterocycles. The maximum atomic E-state index is 11.9. The zero-order chi connectivity index (χ0) is 12.1. The molecule has 0 saturated carbocycles. The van der Waals surface area contributed by atoms with Crippen LogP contribution in [0.25, 0.3) is 10.4 Å². The second kappa shape index (κ2) is 5.23. The van der Waals surface area contributed by atoms with Gasteiger partial charge in [-0.15, -0.1) is 0 Å². The van der Waals surface area contributed by atoms with Gasteiger partial charge in [0.1, 0.15) is 5.75 Å². The predicted molar refractivity (Wildman–Crippen MR) is 62.9 cm³/mol. The van der Waals surface area contributed by atoms with E-state index in [0.29, 0.717) is 25.3 Å². The maximum absolute atomic E-state index is 11.9. The van der Waals surface area contributed by atoms with Crippen LogP contribution >= 0.6 is 0 Å². The van der Waals surface area contributed by atoms with Crippen molar-refractivity contribution in [2.24, 2.45) is 5.11 Å². The minimum atomic E-state index is -0.0110. The molecule has 1 amide bonds. The summed E-state index contributed by atoms with van der Waals surface area (Å²) in [5.41, 5.74) is 8.98. The fraction of sp³-hybridized carbons (Fsp3) is 0.364. The van der Waals surface area contributed by atoms with Crippen molar-refractivity contribution >= 4 is 11.6 Å². The smallest absolute Gasteiger partial charge is 0.230 e. The van der Waals surface area contributed by atoms with Gasteiger partial charge in [0.25, 0.3) is 0 Å². The van der Waals surface area contributed by atoms with Crippen molar-refractivity contribution in [3.63, 3.8) is 0 Å². The Hall–Kier alpha value is -2.20. The fourth-order valence-corrected chi connectivity index (χ4v) is 1.75. The summed E-state index contributed by atoms with van der Waals surface area (Å²) >= 11 is 0. The quantitative estimate of drug-likeness (QED) is 0.454. The summed E-state index contributed by atoms with van der Waals surface area (Å²) in [6.45, 7) is 1.02. The molecule has 0 spiro atoms. The van der Waals surface area contributed by atoms with Crippen LogP contribution in [-0.2, 0) is 4.79 Å². The fourth-order valence-electron chi connectivity index (χ4n) is 1.75. The Bertz CT molecular complexity index is 468. The zero-order valence-corrected chi connectivity index (χ0v) is 9.24. The molecule has 6 nitrogen and oxygen atoms in total. The highest BCUT2D eigenvalue weighted by Gasteiger charge is 2.21. The number of para-hydroxylation sites is 2. The Labute approximate surface area is 98.4 Å². The predicted octanol–water partition coefficient (Wildman–Crippen LogP) is 2.11. The van der Waals surface area contributed by atoms with Crippen molar-refractivity contribution in [1.82, 2.24) is 0 Å². The van der Waals surface area contributed by atoms with Crippen molar-refractivity contribution in [3.05, 3.63) is 34.7 Å². The number of carbonyl (C=O) groups is 1. The summed E-state index contributed by atoms with van der Waals surface area (Å²) in [5, 5.41) is 3.45. The van der Waals surface area contributed by atoms with E-state index in [1.807, 2.05) is 24.3 Å². The molecule has 0 bridgehead atoms. The number of carbonyl (C=O) groups excluding carboxylic acids is 1. The van der Waals surface area contributed by atoms with Gasteiger partial charge in [-0.05, 0) is 17.7 Å². The highest BCUT2D eigenvalue weighted by atomic mass is 16.5. The monoisotopic (exact) mass is 232 g/mol. The summed E-state index contributed by atoms with van der Waals surface area (Å²) in [6.07, 6.45) is 0.338. The van der Waals surface area contributed by atoms with Gasteiger partial charge >= 0.3 is 0 Å². The van der Waals surface area contributed by atoms with Gasteiger partial charge in [0, 0.05) is 18.0 Å². The third kappa shape index (κ3) is 2.49. The second-order valence-corrected chi connectivity index (χ2v) is 3.57. The molecule has 0 radical (unpaired) electrons. The number of hydrogen-bond acceptors (Lipinski definition) is 3. The Kier molecular flexibility index (Phi) is 3.47. The summed E-state index contributed by atoms with van der Waals surface area (Å²) in [6, 6.07) is 7.37. The first kappa shape index (κ1) is 11.3. The number of benzene rings is 1. The average Bonchev–Trinajstić information content (AvgIpc) is 2.50. The summed E-state index contributed by atoms with van der Waals surface area (Å²) < 4.78 is 5.49. The zero-order valence-electron chi connectivity index (χ0n) is 9.24. The Morgan fingerprint density at radius 1 is 1.47 bits per heavy atom. The lowest BCUT2D eigenvalue weighted by molar-refractivity contribution is -0.118. The molecule has 1 heterocycles. The summed E-state index contributed by atoms with van der Waals surface area (Å²) in [5.74, 6) is 0.683. The molecule has 17 heavy (non-hydrogen) atoms. The molecule has 2 rings (SSSR count). The lowest BCUT2D eigenvalue weighted by atomic mass is 10.2. The van der Waals surface area contributed by atoms with E-state index in [4.69, 9.17) is 10.3 Å². The van der Waals surface area contributed by atoms with Gasteiger partial charge in [0.15, 0.2) is 0 Å². The second-order valence-electron chi connectivity index (χ2n) is 3.57. The number of azide groups is 1. The lowest BCUT2D eigenvalue weighted by Crippen LogP contribution is -2.32. The number of rotatable bonds is 3.